The lowest BCUT2D eigenvalue weighted by molar-refractivity contribution is 0.0177. The zero-order valence-electron chi connectivity index (χ0n) is 13.6. The maximum absolute atomic E-state index is 12.8. The van der Waals surface area contributed by atoms with Crippen LogP contribution < -0.4 is 4.90 Å². The summed E-state index contributed by atoms with van der Waals surface area (Å²) < 4.78 is 10.9. The topological polar surface area (TPSA) is 84.9 Å². The minimum absolute atomic E-state index is 0.0525. The van der Waals surface area contributed by atoms with Gasteiger partial charge in [0, 0.05) is 19.5 Å². The highest BCUT2D eigenvalue weighted by atomic mass is 32.2. The van der Waals surface area contributed by atoms with Gasteiger partial charge in [-0.15, -0.1) is 10.2 Å². The van der Waals surface area contributed by atoms with Crippen molar-refractivity contribution in [3.8, 4) is 0 Å². The number of nitrogens with zero attached hydrogens (tertiary/aromatic N) is 4. The van der Waals surface area contributed by atoms with Crippen LogP contribution >= 0.6 is 23.1 Å². The van der Waals surface area contributed by atoms with E-state index in [1.165, 1.54) is 34.1 Å². The van der Waals surface area contributed by atoms with E-state index < -0.39 is 12.4 Å². The molecule has 1 aliphatic heterocycles. The Balaban J connectivity index is 2.19. The van der Waals surface area contributed by atoms with Gasteiger partial charge in [-0.1, -0.05) is 42.7 Å². The Morgan fingerprint density at radius 2 is 2.33 bits per heavy atom. The van der Waals surface area contributed by atoms with Crippen LogP contribution in [-0.4, -0.2) is 59.5 Å². The molecule has 1 atom stereocenters. The number of carbonyl (C=O) groups excluding carboxylic acids is 2. The summed E-state index contributed by atoms with van der Waals surface area (Å²) in [5.41, 5.74) is 0. The Labute approximate surface area is 148 Å². The molecule has 2 amide bonds. The quantitative estimate of drug-likeness (QED) is 0.315. The highest BCUT2D eigenvalue weighted by Gasteiger charge is 2.38. The molecule has 2 rings (SSSR count). The van der Waals surface area contributed by atoms with Gasteiger partial charge in [-0.3, -0.25) is 0 Å². The number of ether oxygens (including phenoxy) is 2. The number of carbonyl (C=O) groups is 2. The average Bonchev–Trinajstić information content (AvgIpc) is 3.04. The van der Waals surface area contributed by atoms with E-state index in [-0.39, 0.29) is 12.6 Å². The fourth-order valence-corrected chi connectivity index (χ4v) is 3.51. The first-order valence-electron chi connectivity index (χ1n) is 7.50. The van der Waals surface area contributed by atoms with Gasteiger partial charge in [0.25, 0.3) is 0 Å². The Hall–Kier alpha value is -1.81. The summed E-state index contributed by atoms with van der Waals surface area (Å²) in [6.07, 6.45) is 3.05. The van der Waals surface area contributed by atoms with Crippen LogP contribution in [-0.2, 0) is 9.47 Å². The largest absolute Gasteiger partial charge is 0.510 e. The SMILES string of the molecule is C=CCOC(=O)OC1CCN(CCC)C(=O)N1c1nnc(SC)s1. The molecular formula is C14H20N4O4S2. The van der Waals surface area contributed by atoms with E-state index in [2.05, 4.69) is 16.8 Å². The summed E-state index contributed by atoms with van der Waals surface area (Å²) in [5.74, 6) is 0. The summed E-state index contributed by atoms with van der Waals surface area (Å²) in [7, 11) is 0. The maximum Gasteiger partial charge on any atom is 0.510 e. The molecule has 2 heterocycles. The van der Waals surface area contributed by atoms with E-state index in [1.54, 1.807) is 4.90 Å². The van der Waals surface area contributed by atoms with Crippen molar-refractivity contribution in [3.05, 3.63) is 12.7 Å². The van der Waals surface area contributed by atoms with Gasteiger partial charge in [-0.2, -0.15) is 0 Å². The molecule has 1 saturated heterocycles. The number of amides is 2. The molecule has 0 radical (unpaired) electrons. The summed E-state index contributed by atoms with van der Waals surface area (Å²) in [4.78, 5) is 27.6. The lowest BCUT2D eigenvalue weighted by atomic mass is 10.2. The Kier molecular flexibility index (Phi) is 6.85. The van der Waals surface area contributed by atoms with Crippen LogP contribution in [0.25, 0.3) is 0 Å². The van der Waals surface area contributed by atoms with Crippen LogP contribution in [0, 0.1) is 0 Å². The zero-order chi connectivity index (χ0) is 17.5. The minimum Gasteiger partial charge on any atom is -0.430 e. The van der Waals surface area contributed by atoms with Gasteiger partial charge in [0.2, 0.25) is 5.13 Å². The van der Waals surface area contributed by atoms with Gasteiger partial charge in [0.05, 0.1) is 0 Å². The number of hydrogen-bond acceptors (Lipinski definition) is 8. The predicted octanol–water partition coefficient (Wildman–Crippen LogP) is 2.97. The van der Waals surface area contributed by atoms with Crippen molar-refractivity contribution in [2.75, 3.05) is 30.9 Å². The van der Waals surface area contributed by atoms with Crippen LogP contribution in [0.2, 0.25) is 0 Å². The van der Waals surface area contributed by atoms with E-state index in [1.807, 2.05) is 13.2 Å². The normalized spacial score (nSPS) is 17.8. The van der Waals surface area contributed by atoms with Crippen molar-refractivity contribution in [3.63, 3.8) is 0 Å². The third-order valence-electron chi connectivity index (χ3n) is 3.23. The highest BCUT2D eigenvalue weighted by Crippen LogP contribution is 2.31. The first kappa shape index (κ1) is 18.5. The molecule has 1 aromatic rings. The van der Waals surface area contributed by atoms with Crippen LogP contribution in [0.1, 0.15) is 19.8 Å². The standard InChI is InChI=1S/C14H20N4O4S2/c1-4-7-17-8-6-10(22-14(20)21-9-5-2)18(13(17)19)11-15-16-12(23-3)24-11/h5,10H,2,4,6-9H2,1,3H3. The van der Waals surface area contributed by atoms with Gasteiger partial charge >= 0.3 is 12.2 Å². The molecule has 0 saturated carbocycles. The number of aromatic nitrogens is 2. The first-order valence-corrected chi connectivity index (χ1v) is 9.54. The summed E-state index contributed by atoms with van der Waals surface area (Å²) in [6, 6.07) is -0.242. The molecule has 0 spiro atoms. The molecule has 1 fully saturated rings. The smallest absolute Gasteiger partial charge is 0.430 e. The summed E-state index contributed by atoms with van der Waals surface area (Å²) >= 11 is 2.72. The molecule has 10 heteroatoms. The van der Waals surface area contributed by atoms with Crippen LogP contribution in [0.4, 0.5) is 14.7 Å². The molecule has 0 aromatic carbocycles. The molecular weight excluding hydrogens is 352 g/mol. The second-order valence-electron chi connectivity index (χ2n) is 4.91. The molecule has 0 aliphatic carbocycles. The summed E-state index contributed by atoms with van der Waals surface area (Å²) in [5, 5.41) is 8.47. The van der Waals surface area contributed by atoms with Crippen LogP contribution in [0.5, 0.6) is 0 Å². The fourth-order valence-electron chi connectivity index (χ4n) is 2.21. The van der Waals surface area contributed by atoms with E-state index in [0.29, 0.717) is 24.6 Å². The molecule has 1 aliphatic rings. The number of rotatable bonds is 7. The molecule has 132 valence electrons. The molecule has 1 aromatic heterocycles. The number of urea groups is 1. The second-order valence-corrected chi connectivity index (χ2v) is 6.91. The maximum atomic E-state index is 12.8. The molecule has 0 bridgehead atoms. The van der Waals surface area contributed by atoms with Gasteiger partial charge in [-0.25, -0.2) is 14.5 Å². The van der Waals surface area contributed by atoms with E-state index in [4.69, 9.17) is 9.47 Å². The molecule has 1 unspecified atom stereocenters. The lowest BCUT2D eigenvalue weighted by Gasteiger charge is -2.38. The van der Waals surface area contributed by atoms with Gasteiger partial charge in [0.15, 0.2) is 10.6 Å². The number of thioether (sulfide) groups is 1. The zero-order valence-corrected chi connectivity index (χ0v) is 15.3. The molecule has 8 nitrogen and oxygen atoms in total. The van der Waals surface area contributed by atoms with Gasteiger partial charge in [0.1, 0.15) is 6.61 Å². The highest BCUT2D eigenvalue weighted by molar-refractivity contribution is 8.00. The second kappa shape index (κ2) is 8.88. The molecule has 0 N–H and O–H groups in total. The minimum atomic E-state index is -0.837. The monoisotopic (exact) mass is 372 g/mol. The van der Waals surface area contributed by atoms with E-state index in [0.717, 1.165) is 10.8 Å². The summed E-state index contributed by atoms with van der Waals surface area (Å²) in [6.45, 7) is 6.68. The van der Waals surface area contributed by atoms with Gasteiger partial charge in [-0.05, 0) is 12.7 Å². The molecule has 24 heavy (non-hydrogen) atoms. The number of hydrogen-bond donors (Lipinski definition) is 0. The van der Waals surface area contributed by atoms with Crippen molar-refractivity contribution in [1.29, 1.82) is 0 Å². The van der Waals surface area contributed by atoms with E-state index >= 15 is 0 Å². The fraction of sp³-hybridized carbons (Fsp3) is 0.571. The van der Waals surface area contributed by atoms with Crippen molar-refractivity contribution in [2.45, 2.75) is 30.3 Å². The van der Waals surface area contributed by atoms with Crippen LogP contribution in [0.3, 0.4) is 0 Å². The Morgan fingerprint density at radius 1 is 1.54 bits per heavy atom. The van der Waals surface area contributed by atoms with Crippen LogP contribution in [0.15, 0.2) is 17.0 Å². The third-order valence-corrected chi connectivity index (χ3v) is 5.13. The van der Waals surface area contributed by atoms with Crippen molar-refractivity contribution < 1.29 is 19.1 Å². The Bertz CT molecular complexity index is 595. The lowest BCUT2D eigenvalue weighted by Crippen LogP contribution is -2.56. The average molecular weight is 372 g/mol. The first-order chi connectivity index (χ1) is 11.6. The van der Waals surface area contributed by atoms with E-state index in [9.17, 15) is 9.59 Å². The predicted molar refractivity (Wildman–Crippen MR) is 92.5 cm³/mol. The van der Waals surface area contributed by atoms with Crippen molar-refractivity contribution in [2.24, 2.45) is 0 Å². The van der Waals surface area contributed by atoms with Crippen molar-refractivity contribution >= 4 is 40.4 Å². The third kappa shape index (κ3) is 4.38. The number of anilines is 1. The van der Waals surface area contributed by atoms with Gasteiger partial charge < -0.3 is 14.4 Å². The Morgan fingerprint density at radius 3 is 2.96 bits per heavy atom. The van der Waals surface area contributed by atoms with Crippen molar-refractivity contribution in [1.82, 2.24) is 15.1 Å².